The Morgan fingerprint density at radius 2 is 2.33 bits per heavy atom. The first-order valence-corrected chi connectivity index (χ1v) is 6.95. The number of carboxylic acids is 1. The summed E-state index contributed by atoms with van der Waals surface area (Å²) in [5, 5.41) is 13.3. The molecular weight excluding hydrogens is 250 g/mol. The van der Waals surface area contributed by atoms with Gasteiger partial charge in [0.2, 0.25) is 0 Å². The van der Waals surface area contributed by atoms with Crippen molar-refractivity contribution in [3.63, 3.8) is 0 Å². The standard InChI is InChI=1S/C12H21N3O2S/c1-9(2)14-12(3,10(16)17)5-8-18-11-13-6-7-15(11)4/h6-7,9,14H,5,8H2,1-4H3,(H,16,17). The molecule has 18 heavy (non-hydrogen) atoms. The number of rotatable bonds is 7. The third-order valence-corrected chi connectivity index (χ3v) is 3.75. The van der Waals surface area contributed by atoms with Gasteiger partial charge in [-0.25, -0.2) is 4.98 Å². The Balaban J connectivity index is 2.53. The number of aromatic nitrogens is 2. The van der Waals surface area contributed by atoms with Crippen LogP contribution in [-0.2, 0) is 11.8 Å². The molecule has 0 radical (unpaired) electrons. The Morgan fingerprint density at radius 1 is 1.67 bits per heavy atom. The van der Waals surface area contributed by atoms with Gasteiger partial charge in [-0.3, -0.25) is 10.1 Å². The van der Waals surface area contributed by atoms with Crippen LogP contribution in [0.2, 0.25) is 0 Å². The quantitative estimate of drug-likeness (QED) is 0.739. The monoisotopic (exact) mass is 271 g/mol. The van der Waals surface area contributed by atoms with Gasteiger partial charge >= 0.3 is 5.97 Å². The SMILES string of the molecule is CC(C)NC(C)(CCSc1nccn1C)C(=O)O. The number of nitrogens with one attached hydrogen (secondary N) is 1. The van der Waals surface area contributed by atoms with Crippen LogP contribution in [0, 0.1) is 0 Å². The van der Waals surface area contributed by atoms with Crippen LogP contribution in [0.3, 0.4) is 0 Å². The lowest BCUT2D eigenvalue weighted by molar-refractivity contribution is -0.144. The summed E-state index contributed by atoms with van der Waals surface area (Å²) in [5.74, 6) is -0.0930. The van der Waals surface area contributed by atoms with Crippen LogP contribution in [0.15, 0.2) is 17.6 Å². The van der Waals surface area contributed by atoms with Gasteiger partial charge in [0.15, 0.2) is 5.16 Å². The van der Waals surface area contributed by atoms with Crippen molar-refractivity contribution in [1.29, 1.82) is 0 Å². The highest BCUT2D eigenvalue weighted by Crippen LogP contribution is 2.20. The van der Waals surface area contributed by atoms with E-state index in [9.17, 15) is 9.90 Å². The number of thioether (sulfide) groups is 1. The van der Waals surface area contributed by atoms with E-state index >= 15 is 0 Å². The summed E-state index contributed by atoms with van der Waals surface area (Å²) in [7, 11) is 1.93. The first-order valence-electron chi connectivity index (χ1n) is 5.96. The zero-order chi connectivity index (χ0) is 13.8. The molecule has 1 aromatic heterocycles. The Labute approximate surface area is 112 Å². The van der Waals surface area contributed by atoms with Crippen molar-refractivity contribution in [2.75, 3.05) is 5.75 Å². The lowest BCUT2D eigenvalue weighted by Gasteiger charge is -2.28. The van der Waals surface area contributed by atoms with Crippen molar-refractivity contribution in [2.24, 2.45) is 7.05 Å². The molecule has 1 aromatic rings. The minimum atomic E-state index is -0.883. The molecule has 2 N–H and O–H groups in total. The van der Waals surface area contributed by atoms with Crippen LogP contribution < -0.4 is 5.32 Å². The largest absolute Gasteiger partial charge is 0.480 e. The molecule has 0 aromatic carbocycles. The summed E-state index contributed by atoms with van der Waals surface area (Å²) < 4.78 is 1.93. The molecule has 0 saturated heterocycles. The minimum absolute atomic E-state index is 0.143. The smallest absolute Gasteiger partial charge is 0.323 e. The fourth-order valence-corrected chi connectivity index (χ4v) is 2.81. The molecule has 102 valence electrons. The van der Waals surface area contributed by atoms with E-state index < -0.39 is 11.5 Å². The third-order valence-electron chi connectivity index (χ3n) is 2.69. The Morgan fingerprint density at radius 3 is 2.78 bits per heavy atom. The highest BCUT2D eigenvalue weighted by molar-refractivity contribution is 7.99. The highest BCUT2D eigenvalue weighted by atomic mass is 32.2. The van der Waals surface area contributed by atoms with Gasteiger partial charge in [-0.2, -0.15) is 0 Å². The van der Waals surface area contributed by atoms with E-state index in [-0.39, 0.29) is 6.04 Å². The molecule has 0 saturated carbocycles. The van der Waals surface area contributed by atoms with Crippen molar-refractivity contribution >= 4 is 17.7 Å². The number of imidazole rings is 1. The summed E-state index contributed by atoms with van der Waals surface area (Å²) in [5.41, 5.74) is -0.883. The molecule has 1 rings (SSSR count). The fraction of sp³-hybridized carbons (Fsp3) is 0.667. The number of hydrogen-bond acceptors (Lipinski definition) is 4. The maximum absolute atomic E-state index is 11.3. The lowest BCUT2D eigenvalue weighted by atomic mass is 9.98. The first kappa shape index (κ1) is 15.0. The maximum Gasteiger partial charge on any atom is 0.323 e. The van der Waals surface area contributed by atoms with E-state index in [1.165, 1.54) is 0 Å². The van der Waals surface area contributed by atoms with E-state index in [0.717, 1.165) is 5.16 Å². The maximum atomic E-state index is 11.3. The van der Waals surface area contributed by atoms with Crippen molar-refractivity contribution in [3.05, 3.63) is 12.4 Å². The molecule has 0 aliphatic carbocycles. The van der Waals surface area contributed by atoms with Gasteiger partial charge in [0, 0.05) is 31.2 Å². The van der Waals surface area contributed by atoms with Crippen LogP contribution in [-0.4, -0.2) is 38.0 Å². The Bertz CT molecular complexity index is 406. The van der Waals surface area contributed by atoms with Gasteiger partial charge in [-0.1, -0.05) is 11.8 Å². The Hall–Kier alpha value is -1.01. The molecule has 0 aliphatic heterocycles. The minimum Gasteiger partial charge on any atom is -0.480 e. The molecule has 5 nitrogen and oxygen atoms in total. The molecule has 0 aliphatic rings. The number of carboxylic acid groups (broad SMARTS) is 1. The highest BCUT2D eigenvalue weighted by Gasteiger charge is 2.32. The van der Waals surface area contributed by atoms with E-state index in [1.807, 2.05) is 31.7 Å². The number of aryl methyl sites for hydroxylation is 1. The van der Waals surface area contributed by atoms with Crippen molar-refractivity contribution < 1.29 is 9.90 Å². The average molecular weight is 271 g/mol. The van der Waals surface area contributed by atoms with Gasteiger partial charge in [-0.05, 0) is 27.2 Å². The summed E-state index contributed by atoms with van der Waals surface area (Å²) in [6, 6.07) is 0.143. The topological polar surface area (TPSA) is 67.2 Å². The third kappa shape index (κ3) is 4.03. The molecule has 1 atom stereocenters. The second kappa shape index (κ2) is 6.24. The van der Waals surface area contributed by atoms with Crippen LogP contribution in [0.1, 0.15) is 27.2 Å². The number of aliphatic carboxylic acids is 1. The van der Waals surface area contributed by atoms with Gasteiger partial charge in [0.1, 0.15) is 5.54 Å². The zero-order valence-electron chi connectivity index (χ0n) is 11.3. The van der Waals surface area contributed by atoms with Crippen LogP contribution in [0.25, 0.3) is 0 Å². The molecule has 0 bridgehead atoms. The molecule has 0 spiro atoms. The lowest BCUT2D eigenvalue weighted by Crippen LogP contribution is -2.52. The average Bonchev–Trinajstić information content (AvgIpc) is 2.63. The van der Waals surface area contributed by atoms with Crippen molar-refractivity contribution in [3.8, 4) is 0 Å². The molecule has 6 heteroatoms. The molecule has 0 fully saturated rings. The molecule has 0 amide bonds. The summed E-state index contributed by atoms with van der Waals surface area (Å²) in [6.07, 6.45) is 4.17. The summed E-state index contributed by atoms with van der Waals surface area (Å²) in [4.78, 5) is 15.5. The summed E-state index contributed by atoms with van der Waals surface area (Å²) in [6.45, 7) is 5.63. The van der Waals surface area contributed by atoms with E-state index in [0.29, 0.717) is 12.2 Å². The van der Waals surface area contributed by atoms with Gasteiger partial charge in [-0.15, -0.1) is 0 Å². The summed E-state index contributed by atoms with van der Waals surface area (Å²) >= 11 is 1.57. The normalized spacial score (nSPS) is 14.7. The van der Waals surface area contributed by atoms with E-state index in [2.05, 4.69) is 10.3 Å². The van der Waals surface area contributed by atoms with Crippen LogP contribution in [0.4, 0.5) is 0 Å². The number of nitrogens with zero attached hydrogens (tertiary/aromatic N) is 2. The van der Waals surface area contributed by atoms with Crippen molar-refractivity contribution in [2.45, 2.75) is 43.9 Å². The molecule has 1 unspecified atom stereocenters. The van der Waals surface area contributed by atoms with Gasteiger partial charge in [0.05, 0.1) is 0 Å². The predicted octanol–water partition coefficient (Wildman–Crippen LogP) is 1.74. The number of hydrogen-bond donors (Lipinski definition) is 2. The fourth-order valence-electron chi connectivity index (χ4n) is 1.72. The van der Waals surface area contributed by atoms with E-state index in [4.69, 9.17) is 0 Å². The van der Waals surface area contributed by atoms with E-state index in [1.54, 1.807) is 24.9 Å². The zero-order valence-corrected chi connectivity index (χ0v) is 12.1. The Kier molecular flexibility index (Phi) is 5.22. The van der Waals surface area contributed by atoms with Gasteiger partial charge < -0.3 is 9.67 Å². The van der Waals surface area contributed by atoms with Crippen LogP contribution >= 0.6 is 11.8 Å². The second-order valence-electron chi connectivity index (χ2n) is 4.86. The first-order chi connectivity index (χ1) is 8.35. The molecule has 1 heterocycles. The predicted molar refractivity (Wildman–Crippen MR) is 72.9 cm³/mol. The van der Waals surface area contributed by atoms with Crippen molar-refractivity contribution in [1.82, 2.24) is 14.9 Å². The molecular formula is C12H21N3O2S. The van der Waals surface area contributed by atoms with Crippen LogP contribution in [0.5, 0.6) is 0 Å². The second-order valence-corrected chi connectivity index (χ2v) is 5.92. The van der Waals surface area contributed by atoms with Gasteiger partial charge in [0.25, 0.3) is 0 Å². The number of carbonyl (C=O) groups is 1.